The summed E-state index contributed by atoms with van der Waals surface area (Å²) in [5.74, 6) is 0.309. The predicted octanol–water partition coefficient (Wildman–Crippen LogP) is 3.44. The normalized spacial score (nSPS) is 16.7. The molecule has 2 nitrogen and oxygen atoms in total. The highest BCUT2D eigenvalue weighted by Gasteiger charge is 2.24. The molecule has 1 aromatic carbocycles. The number of benzene rings is 1. The van der Waals surface area contributed by atoms with Crippen LogP contribution in [0.2, 0.25) is 0 Å². The minimum absolute atomic E-state index is 0.0153. The zero-order valence-corrected chi connectivity index (χ0v) is 12.0. The van der Waals surface area contributed by atoms with Crippen molar-refractivity contribution in [2.75, 3.05) is 6.61 Å². The number of phenolic OH excluding ortho intramolecular Hbond substituents is 1. The van der Waals surface area contributed by atoms with Crippen LogP contribution in [-0.2, 0) is 12.8 Å². The second-order valence-electron chi connectivity index (χ2n) is 4.95. The van der Waals surface area contributed by atoms with Crippen LogP contribution in [0.1, 0.15) is 47.9 Å². The summed E-state index contributed by atoms with van der Waals surface area (Å²) in [4.78, 5) is 0. The molecule has 3 heteroatoms. The van der Waals surface area contributed by atoms with E-state index in [0.717, 1.165) is 22.9 Å². The largest absolute Gasteiger partial charge is 0.506 e. The Balaban J connectivity index is 2.65. The molecule has 0 saturated heterocycles. The van der Waals surface area contributed by atoms with Crippen molar-refractivity contribution in [1.29, 1.82) is 0 Å². The summed E-state index contributed by atoms with van der Waals surface area (Å²) in [6.07, 6.45) is 4.54. The first kappa shape index (κ1) is 12.9. The number of hydrogen-bond donors (Lipinski definition) is 2. The lowest BCUT2D eigenvalue weighted by atomic mass is 9.83. The van der Waals surface area contributed by atoms with Crippen LogP contribution in [0.5, 0.6) is 5.75 Å². The standard InChI is InChI=1S/C14H19BrO2/c1-8(7-16)12-9(2)10-5-3-4-6-11(10)13(15)14(12)17/h8,16-17H,3-7H2,1-2H3. The molecule has 1 unspecified atom stereocenters. The lowest BCUT2D eigenvalue weighted by Gasteiger charge is -2.25. The second-order valence-corrected chi connectivity index (χ2v) is 5.74. The molecule has 1 aromatic rings. The highest BCUT2D eigenvalue weighted by Crippen LogP contribution is 2.43. The van der Waals surface area contributed by atoms with Crippen molar-refractivity contribution in [3.63, 3.8) is 0 Å². The molecule has 0 radical (unpaired) electrons. The number of halogens is 1. The number of fused-ring (bicyclic) bond motifs is 1. The van der Waals surface area contributed by atoms with Gasteiger partial charge < -0.3 is 10.2 Å². The summed E-state index contributed by atoms with van der Waals surface area (Å²) in [6.45, 7) is 4.08. The zero-order valence-electron chi connectivity index (χ0n) is 10.4. The van der Waals surface area contributed by atoms with Crippen LogP contribution in [0.3, 0.4) is 0 Å². The SMILES string of the molecule is Cc1c2c(c(Br)c(O)c1C(C)CO)CCCC2. The van der Waals surface area contributed by atoms with Crippen LogP contribution < -0.4 is 0 Å². The van der Waals surface area contributed by atoms with Gasteiger partial charge in [0.25, 0.3) is 0 Å². The predicted molar refractivity (Wildman–Crippen MR) is 72.7 cm³/mol. The Morgan fingerprint density at radius 3 is 2.41 bits per heavy atom. The lowest BCUT2D eigenvalue weighted by molar-refractivity contribution is 0.269. The first-order valence-corrected chi connectivity index (χ1v) is 7.00. The third-order valence-electron chi connectivity index (χ3n) is 3.82. The molecule has 1 aliphatic carbocycles. The fourth-order valence-electron chi connectivity index (χ4n) is 2.86. The summed E-state index contributed by atoms with van der Waals surface area (Å²) < 4.78 is 0.841. The van der Waals surface area contributed by atoms with Crippen molar-refractivity contribution in [3.05, 3.63) is 26.7 Å². The van der Waals surface area contributed by atoms with E-state index >= 15 is 0 Å². The molecular formula is C14H19BrO2. The summed E-state index contributed by atoms with van der Waals surface area (Å²) >= 11 is 3.52. The third kappa shape index (κ3) is 2.11. The van der Waals surface area contributed by atoms with Gasteiger partial charge in [0.1, 0.15) is 5.75 Å². The Bertz CT molecular complexity index is 441. The molecule has 0 aromatic heterocycles. The van der Waals surface area contributed by atoms with Crippen molar-refractivity contribution >= 4 is 15.9 Å². The van der Waals surface area contributed by atoms with Gasteiger partial charge in [-0.3, -0.25) is 0 Å². The highest BCUT2D eigenvalue weighted by atomic mass is 79.9. The molecule has 0 heterocycles. The molecule has 1 aliphatic rings. The zero-order chi connectivity index (χ0) is 12.6. The molecule has 0 fully saturated rings. The number of aliphatic hydroxyl groups excluding tert-OH is 1. The summed E-state index contributed by atoms with van der Waals surface area (Å²) in [5.41, 5.74) is 4.71. The molecule has 0 saturated carbocycles. The van der Waals surface area contributed by atoms with Crippen LogP contribution in [-0.4, -0.2) is 16.8 Å². The van der Waals surface area contributed by atoms with E-state index < -0.39 is 0 Å². The Kier molecular flexibility index (Phi) is 3.79. The van der Waals surface area contributed by atoms with E-state index in [2.05, 4.69) is 22.9 Å². The summed E-state index contributed by atoms with van der Waals surface area (Å²) in [6, 6.07) is 0. The van der Waals surface area contributed by atoms with E-state index in [1.54, 1.807) is 0 Å². The Labute approximate surface area is 111 Å². The van der Waals surface area contributed by atoms with Gasteiger partial charge in [0.15, 0.2) is 0 Å². The molecule has 17 heavy (non-hydrogen) atoms. The van der Waals surface area contributed by atoms with E-state index in [4.69, 9.17) is 0 Å². The monoisotopic (exact) mass is 298 g/mol. The molecule has 0 spiro atoms. The molecule has 2 rings (SSSR count). The van der Waals surface area contributed by atoms with Gasteiger partial charge in [-0.25, -0.2) is 0 Å². The van der Waals surface area contributed by atoms with Crippen LogP contribution in [0.25, 0.3) is 0 Å². The van der Waals surface area contributed by atoms with Gasteiger partial charge in [-0.05, 0) is 65.2 Å². The lowest BCUT2D eigenvalue weighted by Crippen LogP contribution is -2.11. The van der Waals surface area contributed by atoms with Crippen molar-refractivity contribution in [3.8, 4) is 5.75 Å². The van der Waals surface area contributed by atoms with Crippen molar-refractivity contribution in [2.24, 2.45) is 0 Å². The molecule has 1 atom stereocenters. The van der Waals surface area contributed by atoms with Crippen molar-refractivity contribution < 1.29 is 10.2 Å². The van der Waals surface area contributed by atoms with Gasteiger partial charge in [0, 0.05) is 18.1 Å². The van der Waals surface area contributed by atoms with Gasteiger partial charge >= 0.3 is 0 Å². The average molecular weight is 299 g/mol. The first-order valence-electron chi connectivity index (χ1n) is 6.21. The molecule has 94 valence electrons. The smallest absolute Gasteiger partial charge is 0.133 e. The Morgan fingerprint density at radius 2 is 1.82 bits per heavy atom. The number of phenols is 1. The number of aromatic hydroxyl groups is 1. The summed E-state index contributed by atoms with van der Waals surface area (Å²) in [7, 11) is 0. The molecule has 0 bridgehead atoms. The van der Waals surface area contributed by atoms with Gasteiger partial charge in [-0.1, -0.05) is 6.92 Å². The van der Waals surface area contributed by atoms with Crippen molar-refractivity contribution in [2.45, 2.75) is 45.4 Å². The molecule has 0 amide bonds. The molecular weight excluding hydrogens is 280 g/mol. The van der Waals surface area contributed by atoms with Gasteiger partial charge in [-0.2, -0.15) is 0 Å². The van der Waals surface area contributed by atoms with Crippen LogP contribution >= 0.6 is 15.9 Å². The summed E-state index contributed by atoms with van der Waals surface area (Å²) in [5, 5.41) is 19.6. The van der Waals surface area contributed by atoms with E-state index in [1.165, 1.54) is 29.5 Å². The molecule has 2 N–H and O–H groups in total. The van der Waals surface area contributed by atoms with Gasteiger partial charge in [0.2, 0.25) is 0 Å². The van der Waals surface area contributed by atoms with Gasteiger partial charge in [0.05, 0.1) is 4.47 Å². The number of rotatable bonds is 2. The Morgan fingerprint density at radius 1 is 1.24 bits per heavy atom. The fourth-order valence-corrected chi connectivity index (χ4v) is 3.51. The highest BCUT2D eigenvalue weighted by molar-refractivity contribution is 9.10. The number of aliphatic hydroxyl groups is 1. The van der Waals surface area contributed by atoms with Crippen molar-refractivity contribution in [1.82, 2.24) is 0 Å². The maximum atomic E-state index is 10.3. The minimum Gasteiger partial charge on any atom is -0.506 e. The minimum atomic E-state index is -0.0153. The third-order valence-corrected chi connectivity index (χ3v) is 4.67. The van der Waals surface area contributed by atoms with E-state index in [1.807, 2.05) is 6.92 Å². The van der Waals surface area contributed by atoms with Crippen LogP contribution in [0.4, 0.5) is 0 Å². The van der Waals surface area contributed by atoms with Crippen LogP contribution in [0, 0.1) is 6.92 Å². The Hall–Kier alpha value is -0.540. The van der Waals surface area contributed by atoms with Gasteiger partial charge in [-0.15, -0.1) is 0 Å². The van der Waals surface area contributed by atoms with E-state index in [-0.39, 0.29) is 12.5 Å². The molecule has 0 aliphatic heterocycles. The average Bonchev–Trinajstić information content (AvgIpc) is 2.36. The van der Waals surface area contributed by atoms with E-state index in [0.29, 0.717) is 5.75 Å². The van der Waals surface area contributed by atoms with Crippen LogP contribution in [0.15, 0.2) is 4.47 Å². The maximum absolute atomic E-state index is 10.3. The second kappa shape index (κ2) is 4.99. The first-order chi connectivity index (χ1) is 8.07. The fraction of sp³-hybridized carbons (Fsp3) is 0.571. The maximum Gasteiger partial charge on any atom is 0.133 e. The van der Waals surface area contributed by atoms with E-state index in [9.17, 15) is 10.2 Å². The topological polar surface area (TPSA) is 40.5 Å². The number of hydrogen-bond acceptors (Lipinski definition) is 2. The quantitative estimate of drug-likeness (QED) is 0.878.